The summed E-state index contributed by atoms with van der Waals surface area (Å²) >= 11 is 1.69. The van der Waals surface area contributed by atoms with E-state index in [2.05, 4.69) is 31.2 Å². The maximum Gasteiger partial charge on any atom is 0.372 e. The maximum absolute atomic E-state index is 13.0. The van der Waals surface area contributed by atoms with Gasteiger partial charge in [-0.3, -0.25) is 9.59 Å². The second kappa shape index (κ2) is 17.2. The highest BCUT2D eigenvalue weighted by Gasteiger charge is 2.22. The molecule has 0 amide bonds. The molecule has 1 unspecified atom stereocenters. The van der Waals surface area contributed by atoms with Crippen LogP contribution in [0.1, 0.15) is 129 Å². The first-order chi connectivity index (χ1) is 20.3. The Morgan fingerprint density at radius 3 is 2.17 bits per heavy atom. The lowest BCUT2D eigenvalue weighted by Crippen LogP contribution is -2.13. The fourth-order valence-electron chi connectivity index (χ4n) is 5.43. The van der Waals surface area contributed by atoms with Crippen molar-refractivity contribution in [3.05, 3.63) is 74.6 Å². The highest BCUT2D eigenvalue weighted by molar-refractivity contribution is 7.99. The number of hydrogen-bond acceptors (Lipinski definition) is 5. The van der Waals surface area contributed by atoms with Crippen molar-refractivity contribution < 1.29 is 24.2 Å². The van der Waals surface area contributed by atoms with E-state index in [0.29, 0.717) is 23.8 Å². The molecule has 7 heteroatoms. The summed E-state index contributed by atoms with van der Waals surface area (Å²) in [6.07, 6.45) is 13.9. The van der Waals surface area contributed by atoms with E-state index in [-0.39, 0.29) is 28.4 Å². The fourth-order valence-corrected chi connectivity index (χ4v) is 6.80. The third-order valence-electron chi connectivity index (χ3n) is 7.84. The van der Waals surface area contributed by atoms with Crippen LogP contribution in [0.25, 0.3) is 11.0 Å². The Bertz CT molecular complexity index is 1370. The van der Waals surface area contributed by atoms with E-state index in [4.69, 9.17) is 9.52 Å². The monoisotopic (exact) mass is 594 g/mol. The molecule has 0 aliphatic carbocycles. The van der Waals surface area contributed by atoms with Crippen LogP contribution in [0.4, 0.5) is 0 Å². The number of benzene rings is 2. The molecule has 42 heavy (non-hydrogen) atoms. The topological polar surface area (TPSA) is 105 Å². The van der Waals surface area contributed by atoms with Crippen LogP contribution in [0.2, 0.25) is 0 Å². The Morgan fingerprint density at radius 1 is 0.833 bits per heavy atom. The maximum atomic E-state index is 13.0. The van der Waals surface area contributed by atoms with E-state index >= 15 is 0 Å². The van der Waals surface area contributed by atoms with Crippen molar-refractivity contribution in [2.45, 2.75) is 121 Å². The van der Waals surface area contributed by atoms with E-state index in [1.807, 2.05) is 13.0 Å². The third-order valence-corrected chi connectivity index (χ3v) is 9.27. The molecule has 0 bridgehead atoms. The van der Waals surface area contributed by atoms with E-state index in [9.17, 15) is 19.5 Å². The second-order valence-corrected chi connectivity index (χ2v) is 12.5. The fraction of sp³-hybridized carbons (Fsp3) is 0.514. The average molecular weight is 595 g/mol. The molecule has 228 valence electrons. The molecule has 0 aliphatic heterocycles. The SMILES string of the molecule is CCCCCCCCCc1ccc(C(CCCCC(=O)O)Sc2ccc3c(=O)c(C)c(C(=O)O)oc3c2CCC)cc1. The lowest BCUT2D eigenvalue weighted by atomic mass is 10.0. The number of aromatic carboxylic acids is 1. The molecule has 1 atom stereocenters. The van der Waals surface area contributed by atoms with Gasteiger partial charge >= 0.3 is 11.9 Å². The largest absolute Gasteiger partial charge is 0.481 e. The molecule has 0 saturated carbocycles. The quantitative estimate of drug-likeness (QED) is 0.105. The molecule has 1 aromatic heterocycles. The van der Waals surface area contributed by atoms with Gasteiger partial charge < -0.3 is 14.6 Å². The molecule has 2 aromatic carbocycles. The van der Waals surface area contributed by atoms with Crippen molar-refractivity contribution in [2.75, 3.05) is 0 Å². The van der Waals surface area contributed by atoms with Gasteiger partial charge in [-0.25, -0.2) is 4.79 Å². The lowest BCUT2D eigenvalue weighted by Gasteiger charge is -2.20. The minimum absolute atomic E-state index is 0.0792. The molecule has 6 nitrogen and oxygen atoms in total. The average Bonchev–Trinajstić information content (AvgIpc) is 2.97. The van der Waals surface area contributed by atoms with Crippen molar-refractivity contribution in [1.82, 2.24) is 0 Å². The number of rotatable bonds is 19. The summed E-state index contributed by atoms with van der Waals surface area (Å²) in [4.78, 5) is 36.9. The summed E-state index contributed by atoms with van der Waals surface area (Å²) in [5, 5.41) is 19.2. The standard InChI is InChI=1S/C35H46O6S/c1-4-6-7-8-9-10-11-15-25-18-20-26(21-19-25)29(16-12-13-17-31(36)37)42-30-23-22-28-32(38)24(3)33(35(39)40)41-34(28)27(30)14-5-2/h18-23,29H,4-17H2,1-3H3,(H,36,37)(H,39,40). The van der Waals surface area contributed by atoms with Gasteiger partial charge in [-0.2, -0.15) is 0 Å². The first kappa shape index (κ1) is 33.4. The number of carbonyl (C=O) groups is 2. The van der Waals surface area contributed by atoms with Crippen LogP contribution in [0.15, 0.2) is 50.5 Å². The number of unbranched alkanes of at least 4 members (excludes halogenated alkanes) is 7. The number of carboxylic acid groups (broad SMARTS) is 2. The number of aliphatic carboxylic acids is 1. The van der Waals surface area contributed by atoms with Crippen molar-refractivity contribution in [2.24, 2.45) is 0 Å². The van der Waals surface area contributed by atoms with Gasteiger partial charge in [-0.1, -0.05) is 89.5 Å². The van der Waals surface area contributed by atoms with Crippen LogP contribution in [0.5, 0.6) is 0 Å². The second-order valence-electron chi connectivity index (χ2n) is 11.2. The molecule has 3 aromatic rings. The Morgan fingerprint density at radius 2 is 1.52 bits per heavy atom. The van der Waals surface area contributed by atoms with Gasteiger partial charge in [0, 0.05) is 27.7 Å². The van der Waals surface area contributed by atoms with E-state index in [1.165, 1.54) is 63.0 Å². The molecule has 0 spiro atoms. The molecular weight excluding hydrogens is 548 g/mol. The molecule has 0 fully saturated rings. The molecule has 3 rings (SSSR count). The summed E-state index contributed by atoms with van der Waals surface area (Å²) in [6, 6.07) is 12.5. The number of carboxylic acids is 2. The van der Waals surface area contributed by atoms with E-state index in [0.717, 1.165) is 36.1 Å². The van der Waals surface area contributed by atoms with Crippen molar-refractivity contribution >= 4 is 34.7 Å². The van der Waals surface area contributed by atoms with E-state index < -0.39 is 11.9 Å². The predicted molar refractivity (Wildman–Crippen MR) is 171 cm³/mol. The molecule has 0 aliphatic rings. The molecule has 1 heterocycles. The van der Waals surface area contributed by atoms with E-state index in [1.54, 1.807) is 17.8 Å². The summed E-state index contributed by atoms with van der Waals surface area (Å²) < 4.78 is 5.88. The first-order valence-corrected chi connectivity index (χ1v) is 16.4. The van der Waals surface area contributed by atoms with Gasteiger partial charge in [-0.15, -0.1) is 11.8 Å². The number of fused-ring (bicyclic) bond motifs is 1. The summed E-state index contributed by atoms with van der Waals surface area (Å²) in [5.41, 5.74) is 3.50. The highest BCUT2D eigenvalue weighted by atomic mass is 32.2. The van der Waals surface area contributed by atoms with Crippen LogP contribution in [0, 0.1) is 6.92 Å². The molecule has 0 saturated heterocycles. The summed E-state index contributed by atoms with van der Waals surface area (Å²) in [7, 11) is 0. The van der Waals surface area contributed by atoms with Crippen LogP contribution in [-0.4, -0.2) is 22.2 Å². The van der Waals surface area contributed by atoms with Gasteiger partial charge in [0.1, 0.15) is 5.58 Å². The zero-order chi connectivity index (χ0) is 30.5. The minimum atomic E-state index is -1.25. The van der Waals surface area contributed by atoms with Crippen LogP contribution in [-0.2, 0) is 17.6 Å². The van der Waals surface area contributed by atoms with Crippen molar-refractivity contribution in [1.29, 1.82) is 0 Å². The van der Waals surface area contributed by atoms with Crippen LogP contribution >= 0.6 is 11.8 Å². The summed E-state index contributed by atoms with van der Waals surface area (Å²) in [5.74, 6) is -2.35. The van der Waals surface area contributed by atoms with Crippen LogP contribution < -0.4 is 5.43 Å². The molecular formula is C35H46O6S. The van der Waals surface area contributed by atoms with Crippen molar-refractivity contribution in [3.63, 3.8) is 0 Å². The van der Waals surface area contributed by atoms with Crippen LogP contribution in [0.3, 0.4) is 0 Å². The predicted octanol–water partition coefficient (Wildman–Crippen LogP) is 9.52. The van der Waals surface area contributed by atoms with Gasteiger partial charge in [0.05, 0.1) is 5.39 Å². The third kappa shape index (κ3) is 9.48. The van der Waals surface area contributed by atoms with Gasteiger partial charge in [0.15, 0.2) is 5.43 Å². The Balaban J connectivity index is 1.85. The van der Waals surface area contributed by atoms with Gasteiger partial charge in [-0.05, 0) is 62.3 Å². The molecule has 2 N–H and O–H groups in total. The zero-order valence-corrected chi connectivity index (χ0v) is 26.2. The lowest BCUT2D eigenvalue weighted by molar-refractivity contribution is -0.137. The smallest absolute Gasteiger partial charge is 0.372 e. The Labute approximate surface area is 253 Å². The number of hydrogen-bond donors (Lipinski definition) is 2. The van der Waals surface area contributed by atoms with Crippen molar-refractivity contribution in [3.8, 4) is 0 Å². The summed E-state index contributed by atoms with van der Waals surface area (Å²) in [6.45, 7) is 5.78. The normalized spacial score (nSPS) is 12.1. The van der Waals surface area contributed by atoms with Gasteiger partial charge in [0.2, 0.25) is 5.76 Å². The minimum Gasteiger partial charge on any atom is -0.481 e. The zero-order valence-electron chi connectivity index (χ0n) is 25.4. The number of thioether (sulfide) groups is 1. The highest BCUT2D eigenvalue weighted by Crippen LogP contribution is 2.42. The van der Waals surface area contributed by atoms with Gasteiger partial charge in [0.25, 0.3) is 0 Å². The number of aryl methyl sites for hydroxylation is 2. The first-order valence-electron chi connectivity index (χ1n) is 15.6. The Kier molecular flexibility index (Phi) is 13.7. The Hall–Kier alpha value is -3.06. The molecule has 0 radical (unpaired) electrons.